The van der Waals surface area contributed by atoms with Crippen molar-refractivity contribution in [2.24, 2.45) is 0 Å². The molecule has 0 bridgehead atoms. The van der Waals surface area contributed by atoms with E-state index in [1.807, 2.05) is 18.2 Å². The van der Waals surface area contributed by atoms with Crippen LogP contribution in [-0.4, -0.2) is 95.0 Å². The Bertz CT molecular complexity index is 1280. The molecule has 0 saturated carbocycles. The maximum absolute atomic E-state index is 12.9. The van der Waals surface area contributed by atoms with Gasteiger partial charge < -0.3 is 29.5 Å². The van der Waals surface area contributed by atoms with Gasteiger partial charge in [0.05, 0.1) is 18.4 Å². The normalized spacial score (nSPS) is 20.2. The molecule has 11 nitrogen and oxygen atoms in total. The average molecular weight is 505 g/mol. The highest BCUT2D eigenvalue weighted by molar-refractivity contribution is 5.91. The molecule has 6 rings (SSSR count). The minimum absolute atomic E-state index is 0.244. The second kappa shape index (κ2) is 10.4. The first-order chi connectivity index (χ1) is 18.2. The maximum atomic E-state index is 12.9. The molecule has 3 aromatic rings. The summed E-state index contributed by atoms with van der Waals surface area (Å²) in [4.78, 5) is 28.5. The van der Waals surface area contributed by atoms with E-state index in [2.05, 4.69) is 43.4 Å². The van der Waals surface area contributed by atoms with E-state index in [4.69, 9.17) is 14.5 Å². The van der Waals surface area contributed by atoms with Crippen molar-refractivity contribution in [1.29, 1.82) is 0 Å². The van der Waals surface area contributed by atoms with E-state index in [1.54, 1.807) is 11.1 Å². The Morgan fingerprint density at radius 1 is 1.14 bits per heavy atom. The molecule has 0 radical (unpaired) electrons. The highest BCUT2D eigenvalue weighted by Crippen LogP contribution is 2.32. The molecule has 194 valence electrons. The number of rotatable bonds is 5. The number of anilines is 1. The van der Waals surface area contributed by atoms with Crippen molar-refractivity contribution in [3.05, 3.63) is 41.7 Å². The van der Waals surface area contributed by atoms with Gasteiger partial charge in [-0.2, -0.15) is 15.1 Å². The van der Waals surface area contributed by atoms with Crippen LogP contribution >= 0.6 is 0 Å². The molecule has 2 aromatic heterocycles. The molecular weight excluding hydrogens is 472 g/mol. The highest BCUT2D eigenvalue weighted by Gasteiger charge is 2.29. The van der Waals surface area contributed by atoms with Gasteiger partial charge in [-0.3, -0.25) is 0 Å². The van der Waals surface area contributed by atoms with Crippen LogP contribution in [0.5, 0.6) is 11.9 Å². The number of benzene rings is 1. The maximum Gasteiger partial charge on any atom is 0.416 e. The third-order valence-electron chi connectivity index (χ3n) is 7.49. The van der Waals surface area contributed by atoms with Gasteiger partial charge in [0, 0.05) is 55.1 Å². The summed E-state index contributed by atoms with van der Waals surface area (Å²) in [6.07, 6.45) is 4.25. The van der Waals surface area contributed by atoms with Gasteiger partial charge in [0.15, 0.2) is 5.82 Å². The smallest absolute Gasteiger partial charge is 0.416 e. The molecule has 2 fully saturated rings. The van der Waals surface area contributed by atoms with Gasteiger partial charge in [-0.25, -0.2) is 4.79 Å². The lowest BCUT2D eigenvalue weighted by molar-refractivity contribution is 0.142. The molecule has 1 N–H and O–H groups in total. The molecule has 1 atom stereocenters. The van der Waals surface area contributed by atoms with Crippen LogP contribution < -0.4 is 19.7 Å². The SMILES string of the molecule is CN1CCC[C@H]1COc1nc2c(c(OC(=O)N3CCNCC3)n1)CCN(c1nncc3ccccc13)C2. The van der Waals surface area contributed by atoms with Crippen molar-refractivity contribution in [2.75, 3.05) is 57.8 Å². The Morgan fingerprint density at radius 3 is 2.84 bits per heavy atom. The van der Waals surface area contributed by atoms with E-state index >= 15 is 0 Å². The molecule has 1 amide bonds. The zero-order chi connectivity index (χ0) is 25.2. The number of carbonyl (C=O) groups is 1. The number of ether oxygens (including phenoxy) is 2. The monoisotopic (exact) mass is 504 g/mol. The Hall–Kier alpha value is -3.57. The van der Waals surface area contributed by atoms with Gasteiger partial charge in [0.2, 0.25) is 5.88 Å². The second-order valence-corrected chi connectivity index (χ2v) is 9.86. The molecular formula is C26H32N8O3. The predicted octanol–water partition coefficient (Wildman–Crippen LogP) is 1.86. The summed E-state index contributed by atoms with van der Waals surface area (Å²) < 4.78 is 11.9. The largest absolute Gasteiger partial charge is 0.462 e. The van der Waals surface area contributed by atoms with Crippen LogP contribution in [0.25, 0.3) is 10.8 Å². The molecule has 1 aromatic carbocycles. The average Bonchev–Trinajstić information content (AvgIpc) is 3.36. The van der Waals surface area contributed by atoms with Crippen LogP contribution in [0.3, 0.4) is 0 Å². The van der Waals surface area contributed by atoms with Gasteiger partial charge in [-0.1, -0.05) is 24.3 Å². The fourth-order valence-electron chi connectivity index (χ4n) is 5.31. The Balaban J connectivity index is 1.29. The van der Waals surface area contributed by atoms with Gasteiger partial charge in [0.25, 0.3) is 0 Å². The first-order valence-electron chi connectivity index (χ1n) is 13.0. The van der Waals surface area contributed by atoms with Crippen LogP contribution in [0.15, 0.2) is 30.5 Å². The summed E-state index contributed by atoms with van der Waals surface area (Å²) in [6, 6.07) is 8.67. The van der Waals surface area contributed by atoms with Crippen molar-refractivity contribution in [2.45, 2.75) is 31.8 Å². The van der Waals surface area contributed by atoms with Gasteiger partial charge in [0.1, 0.15) is 6.61 Å². The lowest BCUT2D eigenvalue weighted by Gasteiger charge is -2.31. The van der Waals surface area contributed by atoms with Crippen molar-refractivity contribution in [3.63, 3.8) is 0 Å². The number of nitrogens with one attached hydrogen (secondary N) is 1. The second-order valence-electron chi connectivity index (χ2n) is 9.86. The lowest BCUT2D eigenvalue weighted by Crippen LogP contribution is -2.47. The Labute approximate surface area is 215 Å². The fraction of sp³-hybridized carbons (Fsp3) is 0.500. The van der Waals surface area contributed by atoms with Crippen LogP contribution in [0.1, 0.15) is 24.1 Å². The fourth-order valence-corrected chi connectivity index (χ4v) is 5.31. The number of nitrogens with zero attached hydrogens (tertiary/aromatic N) is 7. The number of carbonyl (C=O) groups excluding carboxylic acids is 1. The molecule has 5 heterocycles. The van der Waals surface area contributed by atoms with E-state index in [9.17, 15) is 4.79 Å². The minimum Gasteiger partial charge on any atom is -0.462 e. The summed E-state index contributed by atoms with van der Waals surface area (Å²) in [5, 5.41) is 14.0. The Kier molecular flexibility index (Phi) is 6.71. The van der Waals surface area contributed by atoms with Crippen LogP contribution in [0, 0.1) is 0 Å². The topological polar surface area (TPSA) is 109 Å². The standard InChI is InChI=1S/C26H32N8O3/c1-32-11-4-6-19(32)17-36-25-29-22-16-34(23-20-7-3-2-5-18(20)15-28-31-23)12-8-21(22)24(30-25)37-26(35)33-13-9-27-10-14-33/h2-3,5,7,15,19,27H,4,6,8-14,16-17H2,1H3/t19-/m0/s1. The van der Waals surface area contributed by atoms with Crippen LogP contribution in [-0.2, 0) is 13.0 Å². The molecule has 11 heteroatoms. The number of fused-ring (bicyclic) bond motifs is 2. The van der Waals surface area contributed by atoms with Crippen molar-refractivity contribution in [1.82, 2.24) is 35.3 Å². The molecule has 0 aliphatic carbocycles. The molecule has 0 unspecified atom stereocenters. The van der Waals surface area contributed by atoms with Crippen molar-refractivity contribution in [3.8, 4) is 11.9 Å². The summed E-state index contributed by atoms with van der Waals surface area (Å²) >= 11 is 0. The first-order valence-corrected chi connectivity index (χ1v) is 13.0. The zero-order valence-corrected chi connectivity index (χ0v) is 21.1. The summed E-state index contributed by atoms with van der Waals surface area (Å²) in [5.74, 6) is 1.11. The molecule has 2 saturated heterocycles. The zero-order valence-electron chi connectivity index (χ0n) is 21.1. The van der Waals surface area contributed by atoms with Crippen molar-refractivity contribution < 1.29 is 14.3 Å². The van der Waals surface area contributed by atoms with Gasteiger partial charge >= 0.3 is 12.1 Å². The van der Waals surface area contributed by atoms with E-state index in [0.717, 1.165) is 60.3 Å². The van der Waals surface area contributed by atoms with E-state index in [0.29, 0.717) is 51.1 Å². The first kappa shape index (κ1) is 23.8. The third kappa shape index (κ3) is 5.01. The highest BCUT2D eigenvalue weighted by atomic mass is 16.6. The quantitative estimate of drug-likeness (QED) is 0.553. The Morgan fingerprint density at radius 2 is 2.00 bits per heavy atom. The number of aromatic nitrogens is 4. The molecule has 0 spiro atoms. The molecule has 37 heavy (non-hydrogen) atoms. The van der Waals surface area contributed by atoms with Gasteiger partial charge in [-0.15, -0.1) is 5.10 Å². The number of likely N-dealkylation sites (tertiary alicyclic amines) is 1. The number of piperazine rings is 1. The number of likely N-dealkylation sites (N-methyl/N-ethyl adjacent to an activating group) is 1. The van der Waals surface area contributed by atoms with Crippen molar-refractivity contribution >= 4 is 22.7 Å². The van der Waals surface area contributed by atoms with E-state index in [1.165, 1.54) is 0 Å². The predicted molar refractivity (Wildman–Crippen MR) is 138 cm³/mol. The third-order valence-corrected chi connectivity index (χ3v) is 7.49. The number of hydrogen-bond donors (Lipinski definition) is 1. The van der Waals surface area contributed by atoms with E-state index < -0.39 is 0 Å². The summed E-state index contributed by atoms with van der Waals surface area (Å²) in [6.45, 7) is 5.46. The summed E-state index contributed by atoms with van der Waals surface area (Å²) in [5.41, 5.74) is 1.63. The van der Waals surface area contributed by atoms with E-state index in [-0.39, 0.29) is 12.1 Å². The van der Waals surface area contributed by atoms with Crippen LogP contribution in [0.2, 0.25) is 0 Å². The number of hydrogen-bond acceptors (Lipinski definition) is 10. The summed E-state index contributed by atoms with van der Waals surface area (Å²) in [7, 11) is 2.11. The van der Waals surface area contributed by atoms with Gasteiger partial charge in [-0.05, 0) is 32.9 Å². The number of amides is 1. The molecule has 3 aliphatic rings. The molecule has 3 aliphatic heterocycles. The van der Waals surface area contributed by atoms with Crippen LogP contribution in [0.4, 0.5) is 10.6 Å². The minimum atomic E-state index is -0.383. The lowest BCUT2D eigenvalue weighted by atomic mass is 10.1.